The molecule has 3 rings (SSSR count). The van der Waals surface area contributed by atoms with Gasteiger partial charge in [0.05, 0.1) is 11.7 Å². The second-order valence-electron chi connectivity index (χ2n) is 4.93. The Bertz CT molecular complexity index is 734. The molecule has 2 aromatic carbocycles. The van der Waals surface area contributed by atoms with Crippen LogP contribution >= 0.6 is 0 Å². The highest BCUT2D eigenvalue weighted by Gasteiger charge is 2.30. The summed E-state index contributed by atoms with van der Waals surface area (Å²) in [7, 11) is 0. The molecule has 1 atom stereocenters. The SMILES string of the molecule is NC1Cc2ccc(-c3cc(F)ccc3F)cc2N(O)C1=O. The first kappa shape index (κ1) is 13.7. The van der Waals surface area contributed by atoms with E-state index < -0.39 is 23.6 Å². The molecule has 1 amide bonds. The average Bonchev–Trinajstić information content (AvgIpc) is 2.47. The van der Waals surface area contributed by atoms with Crippen molar-refractivity contribution in [3.05, 3.63) is 53.6 Å². The molecule has 2 aromatic rings. The Morgan fingerprint density at radius 2 is 1.95 bits per heavy atom. The number of hydrogen-bond donors (Lipinski definition) is 2. The fraction of sp³-hybridized carbons (Fsp3) is 0.133. The third-order valence-electron chi connectivity index (χ3n) is 3.52. The molecule has 0 fully saturated rings. The van der Waals surface area contributed by atoms with Crippen molar-refractivity contribution in [2.45, 2.75) is 12.5 Å². The van der Waals surface area contributed by atoms with Crippen LogP contribution in [-0.2, 0) is 11.2 Å². The monoisotopic (exact) mass is 290 g/mol. The molecule has 108 valence electrons. The van der Waals surface area contributed by atoms with Gasteiger partial charge >= 0.3 is 0 Å². The Labute approximate surface area is 119 Å². The average molecular weight is 290 g/mol. The summed E-state index contributed by atoms with van der Waals surface area (Å²) in [5.74, 6) is -1.78. The predicted molar refractivity (Wildman–Crippen MR) is 72.7 cm³/mol. The molecular formula is C15H12F2N2O2. The fourth-order valence-corrected chi connectivity index (χ4v) is 2.42. The Hall–Kier alpha value is -2.31. The van der Waals surface area contributed by atoms with Crippen molar-refractivity contribution < 1.29 is 18.8 Å². The maximum atomic E-state index is 13.8. The van der Waals surface area contributed by atoms with Crippen molar-refractivity contribution in [2.24, 2.45) is 5.73 Å². The first-order valence-corrected chi connectivity index (χ1v) is 6.34. The van der Waals surface area contributed by atoms with Crippen LogP contribution in [0, 0.1) is 11.6 Å². The summed E-state index contributed by atoms with van der Waals surface area (Å²) in [6.07, 6.45) is 0.289. The van der Waals surface area contributed by atoms with Crippen LogP contribution in [0.2, 0.25) is 0 Å². The van der Waals surface area contributed by atoms with Gasteiger partial charge < -0.3 is 5.73 Å². The maximum Gasteiger partial charge on any atom is 0.267 e. The third kappa shape index (κ3) is 2.28. The van der Waals surface area contributed by atoms with E-state index in [9.17, 15) is 18.8 Å². The standard InChI is InChI=1S/C15H12F2N2O2/c16-10-3-4-12(17)11(7-10)8-1-2-9-5-13(18)15(20)19(21)14(9)6-8/h1-4,6-7,13,21H,5,18H2. The minimum Gasteiger partial charge on any atom is -0.320 e. The van der Waals surface area contributed by atoms with Gasteiger partial charge in [-0.3, -0.25) is 10.0 Å². The molecule has 0 aromatic heterocycles. The second-order valence-corrected chi connectivity index (χ2v) is 4.93. The molecule has 0 saturated heterocycles. The first-order valence-electron chi connectivity index (χ1n) is 6.34. The van der Waals surface area contributed by atoms with Crippen molar-refractivity contribution in [1.82, 2.24) is 0 Å². The lowest BCUT2D eigenvalue weighted by atomic mass is 9.95. The van der Waals surface area contributed by atoms with Crippen molar-refractivity contribution in [3.8, 4) is 11.1 Å². The number of halogens is 2. The molecule has 0 spiro atoms. The van der Waals surface area contributed by atoms with E-state index in [2.05, 4.69) is 0 Å². The predicted octanol–water partition coefficient (Wildman–Crippen LogP) is 2.24. The molecule has 4 nitrogen and oxygen atoms in total. The number of nitrogens with two attached hydrogens (primary N) is 1. The number of hydroxylamine groups is 1. The van der Waals surface area contributed by atoms with Gasteiger partial charge in [-0.15, -0.1) is 0 Å². The number of rotatable bonds is 1. The Morgan fingerprint density at radius 3 is 2.71 bits per heavy atom. The largest absolute Gasteiger partial charge is 0.320 e. The number of amides is 1. The molecule has 21 heavy (non-hydrogen) atoms. The molecule has 0 bridgehead atoms. The summed E-state index contributed by atoms with van der Waals surface area (Å²) < 4.78 is 27.1. The highest BCUT2D eigenvalue weighted by molar-refractivity contribution is 5.98. The third-order valence-corrected chi connectivity index (χ3v) is 3.52. The minimum absolute atomic E-state index is 0.0634. The smallest absolute Gasteiger partial charge is 0.267 e. The summed E-state index contributed by atoms with van der Waals surface area (Å²) in [5.41, 5.74) is 6.96. The van der Waals surface area contributed by atoms with Gasteiger partial charge in [0.2, 0.25) is 0 Å². The quantitative estimate of drug-likeness (QED) is 0.792. The van der Waals surface area contributed by atoms with Crippen LogP contribution in [0.15, 0.2) is 36.4 Å². The van der Waals surface area contributed by atoms with Crippen molar-refractivity contribution in [3.63, 3.8) is 0 Å². The van der Waals surface area contributed by atoms with Gasteiger partial charge in [0.25, 0.3) is 5.91 Å². The Balaban J connectivity index is 2.12. The normalized spacial score (nSPS) is 17.8. The van der Waals surface area contributed by atoms with Crippen LogP contribution in [0.5, 0.6) is 0 Å². The van der Waals surface area contributed by atoms with Crippen LogP contribution in [0.25, 0.3) is 11.1 Å². The highest BCUT2D eigenvalue weighted by atomic mass is 19.1. The lowest BCUT2D eigenvalue weighted by Gasteiger charge is -2.28. The van der Waals surface area contributed by atoms with Gasteiger partial charge in [-0.2, -0.15) is 5.06 Å². The summed E-state index contributed by atoms with van der Waals surface area (Å²) in [6.45, 7) is 0. The highest BCUT2D eigenvalue weighted by Crippen LogP contribution is 2.32. The second kappa shape index (κ2) is 4.91. The Morgan fingerprint density at radius 1 is 1.19 bits per heavy atom. The van der Waals surface area contributed by atoms with Crippen molar-refractivity contribution in [2.75, 3.05) is 5.06 Å². The van der Waals surface area contributed by atoms with Crippen LogP contribution in [0.3, 0.4) is 0 Å². The lowest BCUT2D eigenvalue weighted by molar-refractivity contribution is -0.125. The van der Waals surface area contributed by atoms with Gasteiger partial charge in [-0.1, -0.05) is 12.1 Å². The number of nitrogens with zero attached hydrogens (tertiary/aromatic N) is 1. The van der Waals surface area contributed by atoms with E-state index in [4.69, 9.17) is 5.73 Å². The molecule has 1 aliphatic heterocycles. The van der Waals surface area contributed by atoms with Gasteiger partial charge in [-0.05, 0) is 41.8 Å². The number of hydrogen-bond acceptors (Lipinski definition) is 3. The zero-order chi connectivity index (χ0) is 15.1. The van der Waals surface area contributed by atoms with Crippen molar-refractivity contribution >= 4 is 11.6 Å². The summed E-state index contributed by atoms with van der Waals surface area (Å²) in [6, 6.07) is 7.00. The van der Waals surface area contributed by atoms with Gasteiger partial charge in [-0.25, -0.2) is 8.78 Å². The van der Waals surface area contributed by atoms with E-state index in [0.717, 1.165) is 18.2 Å². The summed E-state index contributed by atoms with van der Waals surface area (Å²) >= 11 is 0. The summed E-state index contributed by atoms with van der Waals surface area (Å²) in [5, 5.41) is 10.3. The summed E-state index contributed by atoms with van der Waals surface area (Å²) in [4.78, 5) is 11.7. The lowest BCUT2D eigenvalue weighted by Crippen LogP contribution is -2.47. The van der Waals surface area contributed by atoms with E-state index in [1.807, 2.05) is 0 Å². The fourth-order valence-electron chi connectivity index (χ4n) is 2.42. The molecule has 0 saturated carbocycles. The number of carbonyl (C=O) groups is 1. The zero-order valence-electron chi connectivity index (χ0n) is 10.9. The number of fused-ring (bicyclic) bond motifs is 1. The van der Waals surface area contributed by atoms with E-state index in [1.54, 1.807) is 12.1 Å². The van der Waals surface area contributed by atoms with Crippen LogP contribution < -0.4 is 10.8 Å². The van der Waals surface area contributed by atoms with Gasteiger partial charge in [0.15, 0.2) is 0 Å². The molecule has 1 aliphatic rings. The van der Waals surface area contributed by atoms with E-state index >= 15 is 0 Å². The molecule has 3 N–H and O–H groups in total. The molecule has 1 heterocycles. The number of carbonyl (C=O) groups excluding carboxylic acids is 1. The van der Waals surface area contributed by atoms with E-state index in [1.165, 1.54) is 6.07 Å². The van der Waals surface area contributed by atoms with Crippen LogP contribution in [0.4, 0.5) is 14.5 Å². The first-order chi connectivity index (χ1) is 9.97. The van der Waals surface area contributed by atoms with Crippen LogP contribution in [0.1, 0.15) is 5.56 Å². The number of anilines is 1. The molecule has 1 unspecified atom stereocenters. The minimum atomic E-state index is -0.806. The number of benzene rings is 2. The Kier molecular flexibility index (Phi) is 3.19. The molecule has 6 heteroatoms. The van der Waals surface area contributed by atoms with Crippen LogP contribution in [-0.4, -0.2) is 17.2 Å². The van der Waals surface area contributed by atoms with Gasteiger partial charge in [0, 0.05) is 5.56 Å². The maximum absolute atomic E-state index is 13.8. The zero-order valence-corrected chi connectivity index (χ0v) is 10.9. The molecule has 0 aliphatic carbocycles. The topological polar surface area (TPSA) is 66.6 Å². The van der Waals surface area contributed by atoms with E-state index in [-0.39, 0.29) is 17.7 Å². The van der Waals surface area contributed by atoms with E-state index in [0.29, 0.717) is 16.2 Å². The van der Waals surface area contributed by atoms with Gasteiger partial charge in [0.1, 0.15) is 11.6 Å². The molecule has 0 radical (unpaired) electrons. The molecular weight excluding hydrogens is 278 g/mol. The van der Waals surface area contributed by atoms with Crippen molar-refractivity contribution in [1.29, 1.82) is 0 Å².